The lowest BCUT2D eigenvalue weighted by Gasteiger charge is -2.33. The summed E-state index contributed by atoms with van der Waals surface area (Å²) in [7, 11) is 0. The van der Waals surface area contributed by atoms with Crippen LogP contribution in [0.25, 0.3) is 10.2 Å². The molecule has 192 valence electrons. The van der Waals surface area contributed by atoms with Crippen molar-refractivity contribution in [2.45, 2.75) is 73.1 Å². The van der Waals surface area contributed by atoms with Crippen molar-refractivity contribution in [3.8, 4) is 0 Å². The summed E-state index contributed by atoms with van der Waals surface area (Å²) in [6, 6.07) is 2.12. The minimum atomic E-state index is -0.368. The minimum Gasteiger partial charge on any atom is -0.462 e. The fraction of sp³-hybridized carbons (Fsp3) is 0.536. The Hall–Kier alpha value is -2.45. The van der Waals surface area contributed by atoms with Crippen LogP contribution >= 0.6 is 22.7 Å². The molecule has 0 fully saturated rings. The van der Waals surface area contributed by atoms with Gasteiger partial charge in [-0.15, -0.1) is 22.7 Å². The summed E-state index contributed by atoms with van der Waals surface area (Å²) < 4.78 is 5.40. The smallest absolute Gasteiger partial charge is 0.341 e. The first-order chi connectivity index (χ1) is 17.1. The molecule has 5 rings (SSSR count). The molecule has 0 aliphatic heterocycles. The summed E-state index contributed by atoms with van der Waals surface area (Å²) >= 11 is 2.84. The monoisotopic (exact) mass is 525 g/mol. The first kappa shape index (κ1) is 25.2. The highest BCUT2D eigenvalue weighted by Crippen LogP contribution is 2.45. The molecule has 8 heteroatoms. The molecule has 2 unspecified atom stereocenters. The number of pyridine rings is 1. The number of anilines is 2. The number of aromatic nitrogens is 1. The topological polar surface area (TPSA) is 94.3 Å². The molecule has 36 heavy (non-hydrogen) atoms. The van der Waals surface area contributed by atoms with Crippen molar-refractivity contribution in [2.75, 3.05) is 17.7 Å². The van der Waals surface area contributed by atoms with Crippen molar-refractivity contribution < 1.29 is 14.3 Å². The number of fused-ring (bicyclic) bond motifs is 3. The molecule has 0 radical (unpaired) electrons. The second-order valence-electron chi connectivity index (χ2n) is 11.3. The SMILES string of the molecule is CCOC(=O)c1c(NC(=O)c2sc3nc4c(cc3c2N)CC(C)CC4)sc2c1CCC(C(C)(C)C)C2. The van der Waals surface area contributed by atoms with Crippen LogP contribution < -0.4 is 11.1 Å². The van der Waals surface area contributed by atoms with Crippen LogP contribution in [-0.2, 0) is 30.4 Å². The van der Waals surface area contributed by atoms with Crippen molar-refractivity contribution in [1.82, 2.24) is 4.98 Å². The Bertz CT molecular complexity index is 1350. The molecule has 0 saturated carbocycles. The van der Waals surface area contributed by atoms with E-state index in [9.17, 15) is 9.59 Å². The number of amides is 1. The highest BCUT2D eigenvalue weighted by atomic mass is 32.1. The third-order valence-electron chi connectivity index (χ3n) is 7.73. The summed E-state index contributed by atoms with van der Waals surface area (Å²) in [5.74, 6) is 0.495. The number of carbonyl (C=O) groups is 2. The first-order valence-corrected chi connectivity index (χ1v) is 14.5. The Morgan fingerprint density at radius 1 is 1.19 bits per heavy atom. The van der Waals surface area contributed by atoms with Crippen LogP contribution in [0.5, 0.6) is 0 Å². The number of thiophene rings is 2. The van der Waals surface area contributed by atoms with Crippen LogP contribution in [0.3, 0.4) is 0 Å². The lowest BCUT2D eigenvalue weighted by Crippen LogP contribution is -2.26. The van der Waals surface area contributed by atoms with E-state index >= 15 is 0 Å². The number of nitrogens with zero attached hydrogens (tertiary/aromatic N) is 1. The lowest BCUT2D eigenvalue weighted by atomic mass is 9.72. The molecule has 0 aromatic carbocycles. The van der Waals surface area contributed by atoms with Crippen molar-refractivity contribution >= 4 is 55.5 Å². The fourth-order valence-corrected chi connectivity index (χ4v) is 7.84. The van der Waals surface area contributed by atoms with Crippen LogP contribution in [-0.4, -0.2) is 23.5 Å². The van der Waals surface area contributed by atoms with Gasteiger partial charge in [0.2, 0.25) is 0 Å². The van der Waals surface area contributed by atoms with E-state index in [4.69, 9.17) is 15.5 Å². The van der Waals surface area contributed by atoms with Gasteiger partial charge in [0, 0.05) is 16.0 Å². The summed E-state index contributed by atoms with van der Waals surface area (Å²) in [5, 5.41) is 4.45. The van der Waals surface area contributed by atoms with Crippen molar-refractivity contribution in [1.29, 1.82) is 0 Å². The summed E-state index contributed by atoms with van der Waals surface area (Å²) in [5.41, 5.74) is 11.0. The molecular formula is C28H35N3O3S2. The van der Waals surface area contributed by atoms with Gasteiger partial charge >= 0.3 is 5.97 Å². The van der Waals surface area contributed by atoms with Crippen molar-refractivity contribution in [3.63, 3.8) is 0 Å². The first-order valence-electron chi connectivity index (χ1n) is 12.9. The number of carbonyl (C=O) groups excluding carboxylic acids is 2. The van der Waals surface area contributed by atoms with Crippen molar-refractivity contribution in [3.05, 3.63) is 38.2 Å². The van der Waals surface area contributed by atoms with Gasteiger partial charge in [-0.1, -0.05) is 27.7 Å². The lowest BCUT2D eigenvalue weighted by molar-refractivity contribution is 0.0526. The maximum atomic E-state index is 13.5. The van der Waals surface area contributed by atoms with Gasteiger partial charge in [-0.3, -0.25) is 4.79 Å². The maximum Gasteiger partial charge on any atom is 0.341 e. The van der Waals surface area contributed by atoms with Gasteiger partial charge in [-0.05, 0) is 79.9 Å². The highest BCUT2D eigenvalue weighted by Gasteiger charge is 2.35. The predicted molar refractivity (Wildman–Crippen MR) is 148 cm³/mol. The number of ether oxygens (including phenoxy) is 1. The number of aryl methyl sites for hydroxylation is 1. The number of rotatable bonds is 4. The van der Waals surface area contributed by atoms with E-state index in [0.29, 0.717) is 39.6 Å². The molecule has 3 aromatic rings. The fourth-order valence-electron chi connectivity index (χ4n) is 5.53. The number of hydrogen-bond acceptors (Lipinski definition) is 7. The van der Waals surface area contributed by atoms with E-state index in [1.54, 1.807) is 6.92 Å². The standard InChI is InChI=1S/C28H35N3O3S2/c1-6-34-27(33)21-17-9-8-16(28(3,4)5)13-20(17)35-26(21)31-24(32)23-22(29)18-12-15-11-14(2)7-10-19(15)30-25(18)36-23/h12,14,16H,6-11,13,29H2,1-5H3,(H,31,32). The number of esters is 1. The molecule has 2 aliphatic carbocycles. The zero-order valence-electron chi connectivity index (χ0n) is 21.7. The Balaban J connectivity index is 1.49. The van der Waals surface area contributed by atoms with Gasteiger partial charge in [0.15, 0.2) is 0 Å². The number of nitrogen functional groups attached to an aromatic ring is 1. The van der Waals surface area contributed by atoms with E-state index in [2.05, 4.69) is 39.1 Å². The zero-order valence-corrected chi connectivity index (χ0v) is 23.4. The molecule has 1 amide bonds. The van der Waals surface area contributed by atoms with Crippen molar-refractivity contribution in [2.24, 2.45) is 17.3 Å². The van der Waals surface area contributed by atoms with Gasteiger partial charge in [0.1, 0.15) is 14.7 Å². The van der Waals surface area contributed by atoms with Crippen LogP contribution in [0.15, 0.2) is 6.07 Å². The van der Waals surface area contributed by atoms with Gasteiger partial charge in [-0.25, -0.2) is 9.78 Å². The summed E-state index contributed by atoms with van der Waals surface area (Å²) in [6.45, 7) is 11.1. The Labute approximate surface area is 220 Å². The zero-order chi connectivity index (χ0) is 25.8. The Kier molecular flexibility index (Phi) is 6.62. The van der Waals surface area contributed by atoms with E-state index in [-0.39, 0.29) is 17.3 Å². The maximum absolute atomic E-state index is 13.5. The average Bonchev–Trinajstić information content (AvgIpc) is 3.33. The van der Waals surface area contributed by atoms with E-state index in [1.165, 1.54) is 33.1 Å². The molecule has 0 spiro atoms. The molecule has 0 bridgehead atoms. The average molecular weight is 526 g/mol. The van der Waals surface area contributed by atoms with Crippen LogP contribution in [0.4, 0.5) is 10.7 Å². The molecule has 3 heterocycles. The molecule has 3 aromatic heterocycles. The predicted octanol–water partition coefficient (Wildman–Crippen LogP) is 6.64. The molecule has 3 N–H and O–H groups in total. The van der Waals surface area contributed by atoms with Gasteiger partial charge in [0.25, 0.3) is 5.91 Å². The molecule has 2 aliphatic rings. The van der Waals surface area contributed by atoms with Gasteiger partial charge in [0.05, 0.1) is 17.9 Å². The third kappa shape index (κ3) is 4.54. The number of nitrogens with two attached hydrogens (primary N) is 1. The molecule has 0 saturated heterocycles. The summed E-state index contributed by atoms with van der Waals surface area (Å²) in [4.78, 5) is 33.8. The third-order valence-corrected chi connectivity index (χ3v) is 10.0. The minimum absolute atomic E-state index is 0.185. The van der Waals surface area contributed by atoms with E-state index in [0.717, 1.165) is 60.0 Å². The van der Waals surface area contributed by atoms with E-state index in [1.807, 2.05) is 0 Å². The van der Waals surface area contributed by atoms with Gasteiger partial charge < -0.3 is 15.8 Å². The largest absolute Gasteiger partial charge is 0.462 e. The second kappa shape index (κ2) is 9.45. The van der Waals surface area contributed by atoms with Gasteiger partial charge in [-0.2, -0.15) is 0 Å². The quantitative estimate of drug-likeness (QED) is 0.372. The number of hydrogen-bond donors (Lipinski definition) is 2. The molecule has 2 atom stereocenters. The van der Waals surface area contributed by atoms with Crippen LogP contribution in [0, 0.1) is 17.3 Å². The normalized spacial score (nSPS) is 19.6. The molecular weight excluding hydrogens is 490 g/mol. The van der Waals surface area contributed by atoms with Crippen LogP contribution in [0.2, 0.25) is 0 Å². The highest BCUT2D eigenvalue weighted by molar-refractivity contribution is 7.21. The Morgan fingerprint density at radius 3 is 2.69 bits per heavy atom. The van der Waals surface area contributed by atoms with Crippen LogP contribution in [0.1, 0.15) is 89.2 Å². The molecule has 6 nitrogen and oxygen atoms in total. The number of nitrogens with one attached hydrogen (secondary N) is 1. The van der Waals surface area contributed by atoms with E-state index < -0.39 is 0 Å². The summed E-state index contributed by atoms with van der Waals surface area (Å²) in [6.07, 6.45) is 5.83. The Morgan fingerprint density at radius 2 is 1.97 bits per heavy atom. The second-order valence-corrected chi connectivity index (χ2v) is 13.4.